The summed E-state index contributed by atoms with van der Waals surface area (Å²) < 4.78 is 3.18. The van der Waals surface area contributed by atoms with Crippen molar-refractivity contribution in [1.82, 2.24) is 9.78 Å². The van der Waals surface area contributed by atoms with Crippen LogP contribution < -0.4 is 5.32 Å². The highest BCUT2D eigenvalue weighted by Crippen LogP contribution is 2.22. The number of hydrogen-bond acceptors (Lipinski definition) is 2. The molecule has 0 spiro atoms. The van der Waals surface area contributed by atoms with Crippen LogP contribution in [0.4, 0.5) is 5.69 Å². The van der Waals surface area contributed by atoms with E-state index in [1.807, 2.05) is 11.6 Å². The first-order valence-corrected chi connectivity index (χ1v) is 7.49. The Morgan fingerprint density at radius 1 is 1.26 bits per heavy atom. The van der Waals surface area contributed by atoms with Crippen LogP contribution in [0, 0.1) is 6.92 Å². The smallest absolute Gasteiger partial charge is 0.0597 e. The summed E-state index contributed by atoms with van der Waals surface area (Å²) in [6.45, 7) is 8.04. The van der Waals surface area contributed by atoms with Crippen molar-refractivity contribution in [1.29, 1.82) is 0 Å². The number of anilines is 1. The Bertz CT molecular complexity index is 561. The minimum atomic E-state index is 0.809. The Morgan fingerprint density at radius 2 is 2.05 bits per heavy atom. The minimum absolute atomic E-state index is 0.809. The summed E-state index contributed by atoms with van der Waals surface area (Å²) in [5.74, 6) is 0. The van der Waals surface area contributed by atoms with Crippen molar-refractivity contribution in [3.8, 4) is 0 Å². The lowest BCUT2D eigenvalue weighted by Crippen LogP contribution is -2.08. The molecule has 0 unspecified atom stereocenters. The molecule has 1 N–H and O–H groups in total. The van der Waals surface area contributed by atoms with E-state index in [2.05, 4.69) is 64.5 Å². The Balaban J connectivity index is 2.14. The Morgan fingerprint density at radius 3 is 2.74 bits per heavy atom. The number of halogens is 1. The van der Waals surface area contributed by atoms with E-state index in [1.165, 1.54) is 16.9 Å². The first kappa shape index (κ1) is 14.1. The lowest BCUT2D eigenvalue weighted by molar-refractivity contribution is 0.623. The first-order chi connectivity index (χ1) is 9.13. The van der Waals surface area contributed by atoms with Gasteiger partial charge in [-0.2, -0.15) is 5.10 Å². The van der Waals surface area contributed by atoms with Crippen LogP contribution >= 0.6 is 15.9 Å². The zero-order valence-corrected chi connectivity index (χ0v) is 13.3. The molecular formula is C15H20BrN3. The summed E-state index contributed by atoms with van der Waals surface area (Å²) in [6.07, 6.45) is 1.02. The molecule has 0 aliphatic carbocycles. The molecule has 0 aliphatic rings. The normalized spacial score (nSPS) is 10.7. The molecule has 0 fully saturated rings. The highest BCUT2D eigenvalue weighted by molar-refractivity contribution is 9.10. The van der Waals surface area contributed by atoms with Gasteiger partial charge in [-0.3, -0.25) is 4.68 Å². The fourth-order valence-corrected chi connectivity index (χ4v) is 2.64. The number of aromatic nitrogens is 2. The average Bonchev–Trinajstić information content (AvgIpc) is 2.77. The molecule has 1 heterocycles. The summed E-state index contributed by atoms with van der Waals surface area (Å²) in [7, 11) is 0. The lowest BCUT2D eigenvalue weighted by Gasteiger charge is -2.12. The Labute approximate surface area is 123 Å². The molecule has 0 bridgehead atoms. The molecule has 19 heavy (non-hydrogen) atoms. The summed E-state index contributed by atoms with van der Waals surface area (Å²) in [4.78, 5) is 0. The summed E-state index contributed by atoms with van der Waals surface area (Å²) in [5.41, 5.74) is 4.83. The number of benzene rings is 1. The minimum Gasteiger partial charge on any atom is -0.379 e. The Kier molecular flexibility index (Phi) is 4.64. The monoisotopic (exact) mass is 321 g/mol. The quantitative estimate of drug-likeness (QED) is 0.896. The average molecular weight is 322 g/mol. The van der Waals surface area contributed by atoms with Gasteiger partial charge in [-0.25, -0.2) is 0 Å². The molecule has 0 radical (unpaired) electrons. The molecule has 3 nitrogen and oxygen atoms in total. The molecule has 0 aliphatic heterocycles. The second-order valence-corrected chi connectivity index (χ2v) is 5.52. The first-order valence-electron chi connectivity index (χ1n) is 6.69. The predicted octanol–water partition coefficient (Wildman–Crippen LogP) is 4.15. The maximum absolute atomic E-state index is 4.47. The second kappa shape index (κ2) is 6.24. The SMILES string of the molecule is CCc1cc(Br)ccc1NCc1cc(C)nn1CC. The zero-order chi connectivity index (χ0) is 13.8. The molecule has 2 aromatic rings. The largest absolute Gasteiger partial charge is 0.379 e. The number of nitrogens with one attached hydrogen (secondary N) is 1. The van der Waals surface area contributed by atoms with E-state index in [9.17, 15) is 0 Å². The van der Waals surface area contributed by atoms with E-state index in [-0.39, 0.29) is 0 Å². The van der Waals surface area contributed by atoms with Crippen molar-refractivity contribution in [3.63, 3.8) is 0 Å². The van der Waals surface area contributed by atoms with Crippen LogP contribution in [-0.2, 0) is 19.5 Å². The Hall–Kier alpha value is -1.29. The van der Waals surface area contributed by atoms with Crippen LogP contribution in [0.2, 0.25) is 0 Å². The highest BCUT2D eigenvalue weighted by atomic mass is 79.9. The van der Waals surface area contributed by atoms with Crippen LogP contribution in [0.3, 0.4) is 0 Å². The van der Waals surface area contributed by atoms with Crippen molar-refractivity contribution >= 4 is 21.6 Å². The third-order valence-electron chi connectivity index (χ3n) is 3.19. The maximum atomic E-state index is 4.47. The maximum Gasteiger partial charge on any atom is 0.0597 e. The van der Waals surface area contributed by atoms with Crippen molar-refractivity contribution in [2.75, 3.05) is 5.32 Å². The number of nitrogens with zero attached hydrogens (tertiary/aromatic N) is 2. The molecule has 0 atom stereocenters. The molecule has 102 valence electrons. The third kappa shape index (κ3) is 3.38. The van der Waals surface area contributed by atoms with Gasteiger partial charge in [0.25, 0.3) is 0 Å². The van der Waals surface area contributed by atoms with Gasteiger partial charge in [0, 0.05) is 16.7 Å². The van der Waals surface area contributed by atoms with Crippen molar-refractivity contribution < 1.29 is 0 Å². The predicted molar refractivity (Wildman–Crippen MR) is 83.5 cm³/mol. The van der Waals surface area contributed by atoms with Crippen LogP contribution in [-0.4, -0.2) is 9.78 Å². The number of aryl methyl sites for hydroxylation is 3. The van der Waals surface area contributed by atoms with Gasteiger partial charge in [0.15, 0.2) is 0 Å². The molecule has 0 saturated heterocycles. The van der Waals surface area contributed by atoms with Crippen molar-refractivity contribution in [2.45, 2.75) is 40.3 Å². The van der Waals surface area contributed by atoms with E-state index in [0.717, 1.165) is 29.7 Å². The fourth-order valence-electron chi connectivity index (χ4n) is 2.23. The standard InChI is InChI=1S/C15H20BrN3/c1-4-12-9-13(16)6-7-15(12)17-10-14-8-11(3)18-19(14)5-2/h6-9,17H,4-5,10H2,1-3H3. The molecule has 0 amide bonds. The van der Waals surface area contributed by atoms with Crippen molar-refractivity contribution in [3.05, 3.63) is 45.7 Å². The van der Waals surface area contributed by atoms with Crippen molar-refractivity contribution in [2.24, 2.45) is 0 Å². The van der Waals surface area contributed by atoms with E-state index in [1.54, 1.807) is 0 Å². The molecule has 1 aromatic carbocycles. The van der Waals surface area contributed by atoms with E-state index in [4.69, 9.17) is 0 Å². The number of hydrogen-bond donors (Lipinski definition) is 1. The summed E-state index contributed by atoms with van der Waals surface area (Å²) >= 11 is 3.52. The molecule has 2 rings (SSSR count). The van der Waals surface area contributed by atoms with Crippen LogP contribution in [0.15, 0.2) is 28.7 Å². The van der Waals surface area contributed by atoms with Gasteiger partial charge in [0.2, 0.25) is 0 Å². The molecule has 0 saturated carbocycles. The van der Waals surface area contributed by atoms with Gasteiger partial charge in [0.05, 0.1) is 17.9 Å². The second-order valence-electron chi connectivity index (χ2n) is 4.60. The van der Waals surface area contributed by atoms with Crippen LogP contribution in [0.1, 0.15) is 30.8 Å². The van der Waals surface area contributed by atoms with Gasteiger partial charge < -0.3 is 5.32 Å². The van der Waals surface area contributed by atoms with Gasteiger partial charge in [-0.15, -0.1) is 0 Å². The summed E-state index contributed by atoms with van der Waals surface area (Å²) in [6, 6.07) is 8.51. The van der Waals surface area contributed by atoms with Gasteiger partial charge in [0.1, 0.15) is 0 Å². The third-order valence-corrected chi connectivity index (χ3v) is 3.69. The van der Waals surface area contributed by atoms with E-state index < -0.39 is 0 Å². The van der Waals surface area contributed by atoms with E-state index >= 15 is 0 Å². The zero-order valence-electron chi connectivity index (χ0n) is 11.7. The number of rotatable bonds is 5. The van der Waals surface area contributed by atoms with E-state index in [0.29, 0.717) is 0 Å². The lowest BCUT2D eigenvalue weighted by atomic mass is 10.1. The van der Waals surface area contributed by atoms with Gasteiger partial charge in [-0.05, 0) is 50.1 Å². The molecule has 4 heteroatoms. The molecular weight excluding hydrogens is 302 g/mol. The van der Waals surface area contributed by atoms with Gasteiger partial charge in [-0.1, -0.05) is 22.9 Å². The van der Waals surface area contributed by atoms with Crippen LogP contribution in [0.25, 0.3) is 0 Å². The van der Waals surface area contributed by atoms with Gasteiger partial charge >= 0.3 is 0 Å². The fraction of sp³-hybridized carbons (Fsp3) is 0.400. The van der Waals surface area contributed by atoms with Crippen LogP contribution in [0.5, 0.6) is 0 Å². The topological polar surface area (TPSA) is 29.9 Å². The molecule has 1 aromatic heterocycles. The summed E-state index contributed by atoms with van der Waals surface area (Å²) in [5, 5.41) is 7.98. The highest BCUT2D eigenvalue weighted by Gasteiger charge is 2.06.